The predicted molar refractivity (Wildman–Crippen MR) is 97.6 cm³/mol. The zero-order valence-corrected chi connectivity index (χ0v) is 18.1. The van der Waals surface area contributed by atoms with E-state index in [0.717, 1.165) is 13.4 Å². The molecular weight excluding hydrogens is 511 g/mol. The number of rotatable bonds is 5. The van der Waals surface area contributed by atoms with Crippen LogP contribution in [0.3, 0.4) is 0 Å². The molecule has 3 nitrogen and oxygen atoms in total. The highest BCUT2D eigenvalue weighted by Crippen LogP contribution is 2.38. The van der Waals surface area contributed by atoms with Crippen LogP contribution in [0.15, 0.2) is 25.6 Å². The fraction of sp³-hybridized carbons (Fsp3) is 0.538. The second kappa shape index (κ2) is 7.51. The van der Waals surface area contributed by atoms with Crippen LogP contribution in [0.2, 0.25) is 0 Å². The molecule has 1 unspecified atom stereocenters. The summed E-state index contributed by atoms with van der Waals surface area (Å²) in [7, 11) is 1.81. The maximum Gasteiger partial charge on any atom is 0.233 e. The van der Waals surface area contributed by atoms with E-state index in [1.807, 2.05) is 32.9 Å². The molecule has 1 aromatic rings. The van der Waals surface area contributed by atoms with Crippen LogP contribution < -0.4 is 4.74 Å². The first-order valence-corrected chi connectivity index (χ1v) is 11.0. The maximum atomic E-state index is 11.4. The average Bonchev–Trinajstić information content (AvgIpc) is 2.22. The minimum atomic E-state index is -3.58. The Morgan fingerprint density at radius 1 is 1.19 bits per heavy atom. The highest BCUT2D eigenvalue weighted by atomic mass is 79.9. The van der Waals surface area contributed by atoms with E-state index < -0.39 is 9.05 Å². The summed E-state index contributed by atoms with van der Waals surface area (Å²) in [6.45, 7) is 6.16. The Hall–Kier alpha value is 0.700. The Morgan fingerprint density at radius 2 is 1.67 bits per heavy atom. The summed E-state index contributed by atoms with van der Waals surface area (Å²) < 4.78 is 31.0. The van der Waals surface area contributed by atoms with Gasteiger partial charge in [0, 0.05) is 21.1 Å². The molecule has 0 bridgehead atoms. The van der Waals surface area contributed by atoms with Crippen molar-refractivity contribution in [2.45, 2.75) is 20.8 Å². The van der Waals surface area contributed by atoms with Crippen molar-refractivity contribution in [2.24, 2.45) is 11.3 Å². The Balaban J connectivity index is 2.93. The van der Waals surface area contributed by atoms with Crippen molar-refractivity contribution in [3.63, 3.8) is 0 Å². The molecule has 0 radical (unpaired) electrons. The average molecular weight is 528 g/mol. The van der Waals surface area contributed by atoms with Gasteiger partial charge in [-0.25, -0.2) is 8.42 Å². The molecule has 120 valence electrons. The van der Waals surface area contributed by atoms with Gasteiger partial charge in [0.05, 0.1) is 21.3 Å². The smallest absolute Gasteiger partial charge is 0.233 e. The molecule has 21 heavy (non-hydrogen) atoms. The normalized spacial score (nSPS) is 14.0. The number of ether oxygens (including phenoxy) is 1. The molecule has 0 fully saturated rings. The molecule has 0 saturated heterocycles. The lowest BCUT2D eigenvalue weighted by Crippen LogP contribution is -2.31. The minimum Gasteiger partial charge on any atom is -0.491 e. The van der Waals surface area contributed by atoms with Crippen LogP contribution in [-0.2, 0) is 9.05 Å². The molecule has 0 aromatic heterocycles. The topological polar surface area (TPSA) is 43.4 Å². The lowest BCUT2D eigenvalue weighted by atomic mass is 9.82. The zero-order chi connectivity index (χ0) is 16.4. The molecule has 0 aliphatic rings. The third kappa shape index (κ3) is 6.77. The molecule has 1 aromatic carbocycles. The number of benzene rings is 1. The van der Waals surface area contributed by atoms with Gasteiger partial charge >= 0.3 is 0 Å². The van der Waals surface area contributed by atoms with Crippen LogP contribution in [-0.4, -0.2) is 20.8 Å². The van der Waals surface area contributed by atoms with Crippen LogP contribution in [0.4, 0.5) is 0 Å². The van der Waals surface area contributed by atoms with E-state index in [-0.39, 0.29) is 23.7 Å². The molecule has 0 heterocycles. The van der Waals surface area contributed by atoms with Gasteiger partial charge in [-0.3, -0.25) is 0 Å². The predicted octanol–water partition coefficient (Wildman–Crippen LogP) is 5.58. The Kier molecular flexibility index (Phi) is 7.06. The van der Waals surface area contributed by atoms with E-state index in [1.54, 1.807) is 0 Å². The van der Waals surface area contributed by atoms with Crippen molar-refractivity contribution in [3.8, 4) is 5.75 Å². The van der Waals surface area contributed by atoms with Crippen LogP contribution in [0.1, 0.15) is 20.8 Å². The molecule has 1 atom stereocenters. The number of hydrogen-bond acceptors (Lipinski definition) is 3. The van der Waals surface area contributed by atoms with Crippen molar-refractivity contribution in [2.75, 3.05) is 12.4 Å². The SMILES string of the molecule is CC(C)(C)C(COc1c(Br)cc(Br)cc1Br)CS(=O)(=O)Cl. The lowest BCUT2D eigenvalue weighted by molar-refractivity contribution is 0.162. The standard InChI is InChI=1S/C13H16Br3ClO3S/c1-13(2,3)8(7-21(17,18)19)6-20-12-10(15)4-9(14)5-11(12)16/h4-5,8H,6-7H2,1-3H3. The lowest BCUT2D eigenvalue weighted by Gasteiger charge is -2.30. The second-order valence-corrected chi connectivity index (χ2v) is 11.2. The van der Waals surface area contributed by atoms with E-state index in [9.17, 15) is 8.42 Å². The molecule has 0 amide bonds. The van der Waals surface area contributed by atoms with E-state index in [0.29, 0.717) is 5.75 Å². The summed E-state index contributed by atoms with van der Waals surface area (Å²) in [5, 5.41) is 0. The Morgan fingerprint density at radius 3 is 2.05 bits per heavy atom. The first kappa shape index (κ1) is 19.7. The molecular formula is C13H16Br3ClO3S. The zero-order valence-electron chi connectivity index (χ0n) is 11.8. The summed E-state index contributed by atoms with van der Waals surface area (Å²) in [5.74, 6) is 0.297. The summed E-state index contributed by atoms with van der Waals surface area (Å²) in [6.07, 6.45) is 0. The van der Waals surface area contributed by atoms with Crippen molar-refractivity contribution in [1.82, 2.24) is 0 Å². The second-order valence-electron chi connectivity index (χ2n) is 5.78. The van der Waals surface area contributed by atoms with Crippen molar-refractivity contribution in [3.05, 3.63) is 25.6 Å². The van der Waals surface area contributed by atoms with Gasteiger partial charge in [-0.05, 0) is 49.4 Å². The minimum absolute atomic E-state index is 0.121. The van der Waals surface area contributed by atoms with Gasteiger partial charge in [-0.2, -0.15) is 0 Å². The van der Waals surface area contributed by atoms with Crippen LogP contribution >= 0.6 is 58.5 Å². The molecule has 0 N–H and O–H groups in total. The highest BCUT2D eigenvalue weighted by Gasteiger charge is 2.30. The summed E-state index contributed by atoms with van der Waals surface area (Å²) >= 11 is 10.2. The van der Waals surface area contributed by atoms with Crippen LogP contribution in [0, 0.1) is 11.3 Å². The maximum absolute atomic E-state index is 11.4. The van der Waals surface area contributed by atoms with Gasteiger partial charge in [-0.15, -0.1) is 0 Å². The monoisotopic (exact) mass is 524 g/mol. The largest absolute Gasteiger partial charge is 0.491 e. The third-order valence-corrected chi connectivity index (χ3v) is 5.83. The van der Waals surface area contributed by atoms with Gasteiger partial charge in [0.25, 0.3) is 0 Å². The van der Waals surface area contributed by atoms with Gasteiger partial charge in [-0.1, -0.05) is 36.7 Å². The van der Waals surface area contributed by atoms with Gasteiger partial charge in [0.15, 0.2) is 0 Å². The molecule has 0 aliphatic carbocycles. The number of hydrogen-bond donors (Lipinski definition) is 0. The Labute approximate surface area is 155 Å². The molecule has 0 saturated carbocycles. The van der Waals surface area contributed by atoms with E-state index in [2.05, 4.69) is 47.8 Å². The third-order valence-electron chi connectivity index (χ3n) is 3.02. The van der Waals surface area contributed by atoms with E-state index in [4.69, 9.17) is 15.4 Å². The van der Waals surface area contributed by atoms with E-state index >= 15 is 0 Å². The van der Waals surface area contributed by atoms with Crippen molar-refractivity contribution < 1.29 is 13.2 Å². The Bertz CT molecular complexity index is 589. The quantitative estimate of drug-likeness (QED) is 0.470. The highest BCUT2D eigenvalue weighted by molar-refractivity contribution is 9.11. The van der Waals surface area contributed by atoms with E-state index in [1.165, 1.54) is 0 Å². The van der Waals surface area contributed by atoms with Crippen LogP contribution in [0.25, 0.3) is 0 Å². The van der Waals surface area contributed by atoms with Crippen LogP contribution in [0.5, 0.6) is 5.75 Å². The fourth-order valence-electron chi connectivity index (χ4n) is 1.64. The summed E-state index contributed by atoms with van der Waals surface area (Å²) in [6, 6.07) is 3.73. The summed E-state index contributed by atoms with van der Waals surface area (Å²) in [4.78, 5) is 0. The fourth-order valence-corrected chi connectivity index (χ4v) is 5.66. The number of halogens is 4. The first-order valence-electron chi connectivity index (χ1n) is 6.10. The first-order chi connectivity index (χ1) is 9.40. The van der Waals surface area contributed by atoms with Gasteiger partial charge in [0.2, 0.25) is 9.05 Å². The van der Waals surface area contributed by atoms with Crippen molar-refractivity contribution >= 4 is 67.5 Å². The molecule has 0 spiro atoms. The van der Waals surface area contributed by atoms with Gasteiger partial charge < -0.3 is 4.74 Å². The molecule has 0 aliphatic heterocycles. The van der Waals surface area contributed by atoms with Gasteiger partial charge in [0.1, 0.15) is 5.75 Å². The molecule has 8 heteroatoms. The van der Waals surface area contributed by atoms with Crippen molar-refractivity contribution in [1.29, 1.82) is 0 Å². The molecule has 1 rings (SSSR count). The summed E-state index contributed by atoms with van der Waals surface area (Å²) in [5.41, 5.74) is -0.240.